The zero-order valence-corrected chi connectivity index (χ0v) is 11.0. The fraction of sp³-hybridized carbons (Fsp3) is 0.818. The minimum atomic E-state index is -0.805. The van der Waals surface area contributed by atoms with Gasteiger partial charge in [0.2, 0.25) is 5.91 Å². The molecule has 0 atom stereocenters. The van der Waals surface area contributed by atoms with Crippen molar-refractivity contribution in [1.82, 2.24) is 10.2 Å². The van der Waals surface area contributed by atoms with E-state index in [0.29, 0.717) is 13.1 Å². The summed E-state index contributed by atoms with van der Waals surface area (Å²) in [5, 5.41) is 2.05. The molecule has 0 heterocycles. The van der Waals surface area contributed by atoms with E-state index in [2.05, 4.69) is 18.7 Å². The average molecular weight is 244 g/mol. The lowest BCUT2D eigenvalue weighted by atomic mass is 9.93. The van der Waals surface area contributed by atoms with Crippen molar-refractivity contribution in [3.63, 3.8) is 0 Å². The Morgan fingerprint density at radius 1 is 1.35 bits per heavy atom. The van der Waals surface area contributed by atoms with Gasteiger partial charge in [-0.1, -0.05) is 20.8 Å². The van der Waals surface area contributed by atoms with E-state index < -0.39 is 6.03 Å². The molecule has 0 fully saturated rings. The Labute approximate surface area is 103 Å². The van der Waals surface area contributed by atoms with E-state index in [-0.39, 0.29) is 17.7 Å². The summed E-state index contributed by atoms with van der Waals surface area (Å²) in [5.41, 5.74) is 10.5. The minimum Gasteiger partial charge on any atom is -0.351 e. The van der Waals surface area contributed by atoms with Crippen molar-refractivity contribution in [2.24, 2.45) is 16.9 Å². The molecule has 17 heavy (non-hydrogen) atoms. The van der Waals surface area contributed by atoms with Gasteiger partial charge in [-0.25, -0.2) is 4.79 Å². The van der Waals surface area contributed by atoms with Crippen molar-refractivity contribution < 1.29 is 9.59 Å². The van der Waals surface area contributed by atoms with Crippen LogP contribution >= 0.6 is 0 Å². The molecule has 0 rings (SSSR count). The second-order valence-electron chi connectivity index (χ2n) is 4.90. The van der Waals surface area contributed by atoms with Gasteiger partial charge in [0.05, 0.1) is 0 Å². The van der Waals surface area contributed by atoms with Crippen molar-refractivity contribution >= 4 is 11.9 Å². The van der Waals surface area contributed by atoms with Crippen LogP contribution in [-0.2, 0) is 4.79 Å². The van der Waals surface area contributed by atoms with Crippen LogP contribution in [0.5, 0.6) is 0 Å². The molecule has 0 aromatic rings. The average Bonchev–Trinajstić information content (AvgIpc) is 2.23. The van der Waals surface area contributed by atoms with Crippen LogP contribution in [0.3, 0.4) is 0 Å². The maximum absolute atomic E-state index is 11.2. The lowest BCUT2D eigenvalue weighted by Gasteiger charge is -2.30. The molecular weight excluding hydrogens is 220 g/mol. The number of carbonyl (C=O) groups excluding carboxylic acids is 2. The molecule has 0 unspecified atom stereocenters. The number of carbonyl (C=O) groups is 2. The van der Waals surface area contributed by atoms with Crippen molar-refractivity contribution in [2.75, 3.05) is 26.2 Å². The molecule has 0 spiro atoms. The number of nitrogens with one attached hydrogen (secondary N) is 1. The predicted molar refractivity (Wildman–Crippen MR) is 67.3 cm³/mol. The van der Waals surface area contributed by atoms with Crippen LogP contribution in [0.15, 0.2) is 0 Å². The summed E-state index contributed by atoms with van der Waals surface area (Å²) in [6.45, 7) is 9.05. The molecule has 3 amide bonds. The van der Waals surface area contributed by atoms with Gasteiger partial charge in [-0.3, -0.25) is 10.1 Å². The first kappa shape index (κ1) is 15.9. The van der Waals surface area contributed by atoms with Gasteiger partial charge in [-0.2, -0.15) is 0 Å². The van der Waals surface area contributed by atoms with E-state index in [1.165, 1.54) is 0 Å². The number of imide groups is 1. The fourth-order valence-corrected chi connectivity index (χ4v) is 1.48. The second-order valence-corrected chi connectivity index (χ2v) is 4.90. The Bertz CT molecular complexity index is 266. The molecule has 6 heteroatoms. The van der Waals surface area contributed by atoms with Gasteiger partial charge in [-0.05, 0) is 18.5 Å². The normalized spacial score (nSPS) is 11.6. The maximum atomic E-state index is 11.2. The molecule has 0 aromatic carbocycles. The number of hydrogen-bond acceptors (Lipinski definition) is 4. The Hall–Kier alpha value is -1.14. The number of hydrogen-bond donors (Lipinski definition) is 3. The lowest BCUT2D eigenvalue weighted by Crippen LogP contribution is -2.41. The largest absolute Gasteiger partial charge is 0.351 e. The third-order valence-electron chi connectivity index (χ3n) is 2.57. The van der Waals surface area contributed by atoms with E-state index in [9.17, 15) is 9.59 Å². The highest BCUT2D eigenvalue weighted by Crippen LogP contribution is 2.14. The highest BCUT2D eigenvalue weighted by molar-refractivity contribution is 5.93. The standard InChI is InChI=1S/C11H24N4O2/c1-4-15(8-11(2,3)7-12)6-5-9(16)14-10(13)17/h4-8,12H2,1-3H3,(H3,13,14,16,17). The Morgan fingerprint density at radius 3 is 2.35 bits per heavy atom. The van der Waals surface area contributed by atoms with E-state index in [0.717, 1.165) is 13.1 Å². The molecule has 0 aliphatic rings. The van der Waals surface area contributed by atoms with Crippen LogP contribution in [-0.4, -0.2) is 43.0 Å². The summed E-state index contributed by atoms with van der Waals surface area (Å²) in [5.74, 6) is -0.346. The van der Waals surface area contributed by atoms with Gasteiger partial charge in [0, 0.05) is 19.5 Å². The monoisotopic (exact) mass is 244 g/mol. The van der Waals surface area contributed by atoms with Crippen LogP contribution in [0.4, 0.5) is 4.79 Å². The number of rotatable bonds is 7. The summed E-state index contributed by atoms with van der Waals surface area (Å²) in [6, 6.07) is -0.805. The number of nitrogens with zero attached hydrogens (tertiary/aromatic N) is 1. The van der Waals surface area contributed by atoms with E-state index in [1.54, 1.807) is 0 Å². The number of urea groups is 1. The predicted octanol–water partition coefficient (Wildman–Crippen LogP) is -0.122. The maximum Gasteiger partial charge on any atom is 0.318 e. The van der Waals surface area contributed by atoms with Gasteiger partial charge in [-0.15, -0.1) is 0 Å². The Balaban J connectivity index is 4.06. The van der Waals surface area contributed by atoms with Crippen LogP contribution in [0, 0.1) is 5.41 Å². The van der Waals surface area contributed by atoms with Gasteiger partial charge < -0.3 is 16.4 Å². The molecule has 5 N–H and O–H groups in total. The molecule has 0 bridgehead atoms. The Morgan fingerprint density at radius 2 is 1.94 bits per heavy atom. The van der Waals surface area contributed by atoms with Crippen LogP contribution in [0.1, 0.15) is 27.2 Å². The van der Waals surface area contributed by atoms with Crippen LogP contribution in [0.2, 0.25) is 0 Å². The third kappa shape index (κ3) is 7.70. The van der Waals surface area contributed by atoms with Gasteiger partial charge >= 0.3 is 6.03 Å². The zero-order valence-electron chi connectivity index (χ0n) is 11.0. The first-order valence-electron chi connectivity index (χ1n) is 5.82. The molecule has 0 saturated heterocycles. The van der Waals surface area contributed by atoms with Crippen molar-refractivity contribution in [3.8, 4) is 0 Å². The van der Waals surface area contributed by atoms with Crippen molar-refractivity contribution in [1.29, 1.82) is 0 Å². The summed E-state index contributed by atoms with van der Waals surface area (Å²) in [6.07, 6.45) is 0.261. The van der Waals surface area contributed by atoms with Crippen LogP contribution in [0.25, 0.3) is 0 Å². The Kier molecular flexibility index (Phi) is 6.75. The summed E-state index contributed by atoms with van der Waals surface area (Å²) in [7, 11) is 0. The number of amides is 3. The molecule has 6 nitrogen and oxygen atoms in total. The number of nitrogens with two attached hydrogens (primary N) is 2. The minimum absolute atomic E-state index is 0.0240. The van der Waals surface area contributed by atoms with E-state index in [4.69, 9.17) is 11.5 Å². The second kappa shape index (κ2) is 7.24. The first-order valence-corrected chi connectivity index (χ1v) is 5.82. The smallest absolute Gasteiger partial charge is 0.318 e. The molecule has 0 saturated carbocycles. The molecule has 100 valence electrons. The van der Waals surface area contributed by atoms with Gasteiger partial charge in [0.15, 0.2) is 0 Å². The van der Waals surface area contributed by atoms with Gasteiger partial charge in [0.25, 0.3) is 0 Å². The molecule has 0 aliphatic carbocycles. The van der Waals surface area contributed by atoms with Crippen molar-refractivity contribution in [2.45, 2.75) is 27.2 Å². The third-order valence-corrected chi connectivity index (χ3v) is 2.57. The highest BCUT2D eigenvalue weighted by atomic mass is 16.2. The van der Waals surface area contributed by atoms with Gasteiger partial charge in [0.1, 0.15) is 0 Å². The SMILES string of the molecule is CCN(CCC(=O)NC(N)=O)CC(C)(C)CN. The first-order chi connectivity index (χ1) is 7.80. The topological polar surface area (TPSA) is 101 Å². The molecule has 0 aliphatic heterocycles. The quantitative estimate of drug-likeness (QED) is 0.581. The summed E-state index contributed by atoms with van der Waals surface area (Å²) >= 11 is 0. The summed E-state index contributed by atoms with van der Waals surface area (Å²) < 4.78 is 0. The van der Waals surface area contributed by atoms with E-state index >= 15 is 0 Å². The molecule has 0 aromatic heterocycles. The fourth-order valence-electron chi connectivity index (χ4n) is 1.48. The number of primary amides is 1. The summed E-state index contributed by atoms with van der Waals surface area (Å²) in [4.78, 5) is 23.8. The van der Waals surface area contributed by atoms with Crippen LogP contribution < -0.4 is 16.8 Å². The lowest BCUT2D eigenvalue weighted by molar-refractivity contribution is -0.120. The molecular formula is C11H24N4O2. The molecule has 0 radical (unpaired) electrons. The van der Waals surface area contributed by atoms with E-state index in [1.807, 2.05) is 12.2 Å². The highest BCUT2D eigenvalue weighted by Gasteiger charge is 2.19. The zero-order chi connectivity index (χ0) is 13.5. The van der Waals surface area contributed by atoms with Crippen molar-refractivity contribution in [3.05, 3.63) is 0 Å².